The second kappa shape index (κ2) is 8.48. The van der Waals surface area contributed by atoms with Gasteiger partial charge in [0.1, 0.15) is 5.75 Å². The number of unbranched alkanes of at least 4 members (excludes halogenated alkanes) is 5. The number of ether oxygens (including phenoxy) is 1. The van der Waals surface area contributed by atoms with Gasteiger partial charge in [-0.1, -0.05) is 81.5 Å². The lowest BCUT2D eigenvalue weighted by Crippen LogP contribution is -2.10. The molecule has 0 fully saturated rings. The Morgan fingerprint density at radius 3 is 2.36 bits per heavy atom. The summed E-state index contributed by atoms with van der Waals surface area (Å²) in [4.78, 5) is 13.0. The first kappa shape index (κ1) is 19.2. The van der Waals surface area contributed by atoms with E-state index in [0.717, 1.165) is 56.3 Å². The predicted molar refractivity (Wildman–Crippen MR) is 119 cm³/mol. The average molecular weight is 437 g/mol. The van der Waals surface area contributed by atoms with Crippen LogP contribution >= 0.6 is 15.9 Å². The van der Waals surface area contributed by atoms with E-state index in [-0.39, 0.29) is 5.78 Å². The van der Waals surface area contributed by atoms with Crippen molar-refractivity contribution in [2.24, 2.45) is 0 Å². The van der Waals surface area contributed by atoms with Gasteiger partial charge in [-0.25, -0.2) is 0 Å². The molecule has 1 aliphatic rings. The third-order valence-corrected chi connectivity index (χ3v) is 6.34. The summed E-state index contributed by atoms with van der Waals surface area (Å²) < 4.78 is 7.10. The number of rotatable bonds is 8. The van der Waals surface area contributed by atoms with Crippen LogP contribution in [0.15, 0.2) is 53.0 Å². The summed E-state index contributed by atoms with van der Waals surface area (Å²) in [5, 5.41) is 2.06. The lowest BCUT2D eigenvalue weighted by molar-refractivity contribution is 0.104. The molecule has 0 aromatic heterocycles. The zero-order chi connectivity index (χ0) is 19.5. The van der Waals surface area contributed by atoms with Gasteiger partial charge in [0.25, 0.3) is 0 Å². The normalized spacial score (nSPS) is 12.3. The van der Waals surface area contributed by atoms with Crippen molar-refractivity contribution in [3.05, 3.63) is 64.1 Å². The average Bonchev–Trinajstić information content (AvgIpc) is 2.73. The van der Waals surface area contributed by atoms with Crippen molar-refractivity contribution in [3.63, 3.8) is 0 Å². The smallest absolute Gasteiger partial charge is 0.194 e. The highest BCUT2D eigenvalue weighted by Crippen LogP contribution is 2.45. The van der Waals surface area contributed by atoms with Gasteiger partial charge < -0.3 is 4.74 Å². The lowest BCUT2D eigenvalue weighted by Gasteiger charge is -2.22. The summed E-state index contributed by atoms with van der Waals surface area (Å²) in [5.74, 6) is 0.957. The zero-order valence-electron chi connectivity index (χ0n) is 16.3. The van der Waals surface area contributed by atoms with Crippen LogP contribution in [0.25, 0.3) is 21.9 Å². The van der Waals surface area contributed by atoms with Gasteiger partial charge in [0.15, 0.2) is 5.78 Å². The summed E-state index contributed by atoms with van der Waals surface area (Å²) in [6, 6.07) is 15.9. The second-order valence-electron chi connectivity index (χ2n) is 7.46. The van der Waals surface area contributed by atoms with E-state index in [1.165, 1.54) is 32.1 Å². The highest BCUT2D eigenvalue weighted by atomic mass is 79.9. The van der Waals surface area contributed by atoms with Crippen molar-refractivity contribution in [3.8, 4) is 16.9 Å². The van der Waals surface area contributed by atoms with Crippen LogP contribution in [-0.4, -0.2) is 12.4 Å². The van der Waals surface area contributed by atoms with Gasteiger partial charge in [-0.05, 0) is 39.5 Å². The Kier molecular flexibility index (Phi) is 5.82. The lowest BCUT2D eigenvalue weighted by atomic mass is 9.83. The molecule has 0 unspecified atom stereocenters. The summed E-state index contributed by atoms with van der Waals surface area (Å²) in [7, 11) is 0. The van der Waals surface area contributed by atoms with Gasteiger partial charge >= 0.3 is 0 Å². The van der Waals surface area contributed by atoms with Crippen molar-refractivity contribution >= 4 is 32.5 Å². The molecule has 144 valence electrons. The first-order valence-electron chi connectivity index (χ1n) is 10.2. The molecule has 0 heterocycles. The number of ketones is 1. The second-order valence-corrected chi connectivity index (χ2v) is 8.25. The SMILES string of the molecule is CCCCCCCCOc1cc2c3c(cccc3c1Br)C(=O)c1ccccc1-2. The van der Waals surface area contributed by atoms with Gasteiger partial charge in [-0.3, -0.25) is 4.79 Å². The molecule has 4 rings (SSSR count). The molecule has 0 N–H and O–H groups in total. The van der Waals surface area contributed by atoms with Crippen LogP contribution in [0.2, 0.25) is 0 Å². The van der Waals surface area contributed by atoms with Crippen LogP contribution in [0.5, 0.6) is 5.75 Å². The molecule has 2 nitrogen and oxygen atoms in total. The van der Waals surface area contributed by atoms with Crippen LogP contribution in [-0.2, 0) is 0 Å². The Balaban J connectivity index is 1.65. The Morgan fingerprint density at radius 2 is 1.54 bits per heavy atom. The minimum atomic E-state index is 0.0985. The maximum absolute atomic E-state index is 13.0. The minimum absolute atomic E-state index is 0.0985. The molecular formula is C25H25BrO2. The fourth-order valence-electron chi connectivity index (χ4n) is 4.06. The summed E-state index contributed by atoms with van der Waals surface area (Å²) in [6.07, 6.45) is 7.46. The maximum Gasteiger partial charge on any atom is 0.194 e. The van der Waals surface area contributed by atoms with Gasteiger partial charge in [0.2, 0.25) is 0 Å². The van der Waals surface area contributed by atoms with Crippen molar-refractivity contribution in [1.29, 1.82) is 0 Å². The topological polar surface area (TPSA) is 26.3 Å². The molecule has 0 amide bonds. The van der Waals surface area contributed by atoms with Crippen LogP contribution in [0, 0.1) is 0 Å². The first-order chi connectivity index (χ1) is 13.7. The van der Waals surface area contributed by atoms with E-state index in [0.29, 0.717) is 0 Å². The molecule has 0 aliphatic heterocycles. The number of fused-ring (bicyclic) bond motifs is 2. The first-order valence-corrected chi connectivity index (χ1v) is 11.0. The highest BCUT2D eigenvalue weighted by Gasteiger charge is 2.26. The van der Waals surface area contributed by atoms with Gasteiger partial charge in [-0.2, -0.15) is 0 Å². The fraction of sp³-hybridized carbons (Fsp3) is 0.320. The van der Waals surface area contributed by atoms with Crippen molar-refractivity contribution in [2.75, 3.05) is 6.61 Å². The molecule has 0 radical (unpaired) electrons. The third kappa shape index (κ3) is 3.48. The van der Waals surface area contributed by atoms with E-state index in [1.54, 1.807) is 0 Å². The third-order valence-electron chi connectivity index (χ3n) is 5.52. The van der Waals surface area contributed by atoms with E-state index >= 15 is 0 Å². The van der Waals surface area contributed by atoms with Crippen LogP contribution in [0.4, 0.5) is 0 Å². The molecule has 0 bridgehead atoms. The van der Waals surface area contributed by atoms with E-state index < -0.39 is 0 Å². The van der Waals surface area contributed by atoms with Gasteiger partial charge in [0, 0.05) is 21.9 Å². The monoisotopic (exact) mass is 436 g/mol. The van der Waals surface area contributed by atoms with E-state index in [9.17, 15) is 4.79 Å². The molecule has 3 heteroatoms. The van der Waals surface area contributed by atoms with Crippen LogP contribution in [0.1, 0.15) is 61.4 Å². The molecule has 0 atom stereocenters. The van der Waals surface area contributed by atoms with Crippen molar-refractivity contribution in [2.45, 2.75) is 45.4 Å². The fourth-order valence-corrected chi connectivity index (χ4v) is 4.62. The summed E-state index contributed by atoms with van der Waals surface area (Å²) in [6.45, 7) is 2.96. The number of hydrogen-bond acceptors (Lipinski definition) is 2. The molecule has 3 aromatic carbocycles. The predicted octanol–water partition coefficient (Wildman–Crippen LogP) is 7.55. The number of hydrogen-bond donors (Lipinski definition) is 0. The Morgan fingerprint density at radius 1 is 0.821 bits per heavy atom. The minimum Gasteiger partial charge on any atom is -0.492 e. The molecule has 0 saturated heterocycles. The van der Waals surface area contributed by atoms with E-state index in [1.807, 2.05) is 36.4 Å². The molecule has 28 heavy (non-hydrogen) atoms. The molecule has 1 aliphatic carbocycles. The Hall–Kier alpha value is -2.13. The molecule has 3 aromatic rings. The van der Waals surface area contributed by atoms with Crippen LogP contribution < -0.4 is 4.74 Å². The number of halogens is 1. The largest absolute Gasteiger partial charge is 0.492 e. The molecular weight excluding hydrogens is 412 g/mol. The number of carbonyl (C=O) groups excluding carboxylic acids is 1. The summed E-state index contributed by atoms with van der Waals surface area (Å²) >= 11 is 3.73. The van der Waals surface area contributed by atoms with Gasteiger partial charge in [0.05, 0.1) is 11.1 Å². The molecule has 0 spiro atoms. The Labute approximate surface area is 175 Å². The zero-order valence-corrected chi connectivity index (χ0v) is 17.8. The molecule has 0 saturated carbocycles. The number of carbonyl (C=O) groups is 1. The van der Waals surface area contributed by atoms with Crippen molar-refractivity contribution < 1.29 is 9.53 Å². The summed E-state index contributed by atoms with van der Waals surface area (Å²) in [5.41, 5.74) is 3.62. The Bertz CT molecular complexity index is 1020. The van der Waals surface area contributed by atoms with E-state index in [4.69, 9.17) is 4.74 Å². The van der Waals surface area contributed by atoms with Gasteiger partial charge in [-0.15, -0.1) is 0 Å². The quantitative estimate of drug-likeness (QED) is 0.266. The van der Waals surface area contributed by atoms with Crippen LogP contribution in [0.3, 0.4) is 0 Å². The van der Waals surface area contributed by atoms with Crippen molar-refractivity contribution in [1.82, 2.24) is 0 Å². The number of benzene rings is 3. The van der Waals surface area contributed by atoms with E-state index in [2.05, 4.69) is 35.0 Å². The standard InChI is InChI=1S/C25H25BrO2/c1-2-3-4-5-6-9-15-28-22-16-21-17-11-7-8-12-18(17)25(27)20-14-10-13-19(23(20)21)24(22)26/h7-8,10-14,16H,2-6,9,15H2,1H3. The maximum atomic E-state index is 13.0. The highest BCUT2D eigenvalue weighted by molar-refractivity contribution is 9.10.